The zero-order valence-corrected chi connectivity index (χ0v) is 11.8. The maximum atomic E-state index is 11.9. The summed E-state index contributed by atoms with van der Waals surface area (Å²) in [4.78, 5) is 10.7. The van der Waals surface area contributed by atoms with Gasteiger partial charge in [-0.1, -0.05) is 13.8 Å². The Hall–Kier alpha value is -0.920. The second kappa shape index (κ2) is 4.32. The highest BCUT2D eigenvalue weighted by molar-refractivity contribution is 7.91. The molecule has 0 amide bonds. The Kier molecular flexibility index (Phi) is 3.25. The number of rotatable bonds is 5. The van der Waals surface area contributed by atoms with E-state index in [1.165, 1.54) is 11.4 Å². The van der Waals surface area contributed by atoms with Gasteiger partial charge in [-0.05, 0) is 23.8 Å². The van der Waals surface area contributed by atoms with Crippen molar-refractivity contribution in [2.24, 2.45) is 11.3 Å². The minimum atomic E-state index is -3.57. The molecule has 0 spiro atoms. The van der Waals surface area contributed by atoms with Gasteiger partial charge in [-0.15, -0.1) is 11.3 Å². The molecule has 7 heteroatoms. The molecular weight excluding hydrogens is 274 g/mol. The normalized spacial score (nSPS) is 21.8. The van der Waals surface area contributed by atoms with E-state index in [2.05, 4.69) is 18.6 Å². The Morgan fingerprint density at radius 1 is 1.61 bits per heavy atom. The largest absolute Gasteiger partial charge is 0.478 e. The summed E-state index contributed by atoms with van der Waals surface area (Å²) >= 11 is 0.925. The number of aromatic carboxylic acids is 1. The van der Waals surface area contributed by atoms with E-state index in [4.69, 9.17) is 5.11 Å². The van der Waals surface area contributed by atoms with Gasteiger partial charge in [-0.3, -0.25) is 0 Å². The van der Waals surface area contributed by atoms with Crippen molar-refractivity contribution in [2.75, 3.05) is 6.54 Å². The molecule has 18 heavy (non-hydrogen) atoms. The van der Waals surface area contributed by atoms with Gasteiger partial charge in [-0.25, -0.2) is 17.9 Å². The number of sulfonamides is 1. The lowest BCUT2D eigenvalue weighted by Gasteiger charge is -2.05. The minimum absolute atomic E-state index is 0.00660. The van der Waals surface area contributed by atoms with E-state index in [1.54, 1.807) is 0 Å². The molecule has 0 bridgehead atoms. The molecule has 1 unspecified atom stereocenters. The van der Waals surface area contributed by atoms with Gasteiger partial charge in [0.05, 0.1) is 5.56 Å². The average molecular weight is 289 g/mol. The van der Waals surface area contributed by atoms with Gasteiger partial charge in [0.1, 0.15) is 4.21 Å². The van der Waals surface area contributed by atoms with Crippen LogP contribution in [0, 0.1) is 11.3 Å². The first-order chi connectivity index (χ1) is 8.22. The molecule has 1 aromatic heterocycles. The number of carboxylic acid groups (broad SMARTS) is 1. The molecule has 0 aliphatic heterocycles. The Labute approximate surface area is 110 Å². The minimum Gasteiger partial charge on any atom is -0.478 e. The van der Waals surface area contributed by atoms with Gasteiger partial charge >= 0.3 is 5.97 Å². The van der Waals surface area contributed by atoms with E-state index in [9.17, 15) is 13.2 Å². The van der Waals surface area contributed by atoms with Crippen LogP contribution in [-0.2, 0) is 10.0 Å². The Morgan fingerprint density at radius 2 is 2.22 bits per heavy atom. The summed E-state index contributed by atoms with van der Waals surface area (Å²) in [6, 6.07) is 1.19. The summed E-state index contributed by atoms with van der Waals surface area (Å²) in [5.41, 5.74) is 0.219. The van der Waals surface area contributed by atoms with Crippen molar-refractivity contribution in [1.29, 1.82) is 0 Å². The smallest absolute Gasteiger partial charge is 0.336 e. The molecule has 100 valence electrons. The number of carbonyl (C=O) groups is 1. The van der Waals surface area contributed by atoms with Crippen molar-refractivity contribution in [3.8, 4) is 0 Å². The lowest BCUT2D eigenvalue weighted by molar-refractivity contribution is 0.0697. The quantitative estimate of drug-likeness (QED) is 0.865. The fourth-order valence-electron chi connectivity index (χ4n) is 1.78. The molecule has 0 aromatic carbocycles. The van der Waals surface area contributed by atoms with Crippen LogP contribution in [0.4, 0.5) is 0 Å². The molecule has 1 fully saturated rings. The first kappa shape index (κ1) is 13.5. The van der Waals surface area contributed by atoms with Crippen LogP contribution in [0.1, 0.15) is 30.6 Å². The third kappa shape index (κ3) is 2.73. The fourth-order valence-corrected chi connectivity index (χ4v) is 4.06. The van der Waals surface area contributed by atoms with Gasteiger partial charge in [0, 0.05) is 11.9 Å². The molecule has 1 heterocycles. The van der Waals surface area contributed by atoms with Crippen molar-refractivity contribution in [3.05, 3.63) is 17.0 Å². The zero-order valence-electron chi connectivity index (χ0n) is 10.1. The predicted octanol–water partition coefficient (Wildman–Crippen LogP) is 1.77. The summed E-state index contributed by atoms with van der Waals surface area (Å²) in [6.07, 6.45) is 1.01. The second-order valence-corrected chi connectivity index (χ2v) is 8.11. The van der Waals surface area contributed by atoms with Crippen molar-refractivity contribution in [3.63, 3.8) is 0 Å². The average Bonchev–Trinajstić information content (AvgIpc) is 2.68. The predicted molar refractivity (Wildman–Crippen MR) is 68.4 cm³/mol. The molecule has 0 radical (unpaired) electrons. The third-order valence-electron chi connectivity index (χ3n) is 3.32. The Bertz CT molecular complexity index is 574. The molecule has 5 nitrogen and oxygen atoms in total. The monoisotopic (exact) mass is 289 g/mol. The highest BCUT2D eigenvalue weighted by atomic mass is 32.2. The van der Waals surface area contributed by atoms with Crippen LogP contribution >= 0.6 is 11.3 Å². The standard InChI is InChI=1S/C11H15NO4S2/c1-11(2)4-8(11)5-12-18(15,16)9-3-7(6-17-9)10(13)14/h3,6,8,12H,4-5H2,1-2H3,(H,13,14). The molecule has 1 saturated carbocycles. The Morgan fingerprint density at radius 3 is 2.67 bits per heavy atom. The molecule has 1 aliphatic rings. The summed E-state index contributed by atoms with van der Waals surface area (Å²) in [7, 11) is -3.57. The number of hydrogen-bond donors (Lipinski definition) is 2. The highest BCUT2D eigenvalue weighted by Crippen LogP contribution is 2.51. The highest BCUT2D eigenvalue weighted by Gasteiger charge is 2.45. The summed E-state index contributed by atoms with van der Waals surface area (Å²) in [6.45, 7) is 4.61. The molecule has 0 saturated heterocycles. The topological polar surface area (TPSA) is 83.5 Å². The third-order valence-corrected chi connectivity index (χ3v) is 6.19. The number of thiophene rings is 1. The molecule has 1 atom stereocenters. The van der Waals surface area contributed by atoms with Crippen LogP contribution < -0.4 is 4.72 Å². The zero-order chi connectivity index (χ0) is 13.6. The van der Waals surface area contributed by atoms with Crippen LogP contribution in [0.2, 0.25) is 0 Å². The molecular formula is C11H15NO4S2. The molecule has 1 aromatic rings. The van der Waals surface area contributed by atoms with Crippen LogP contribution in [0.5, 0.6) is 0 Å². The van der Waals surface area contributed by atoms with Crippen molar-refractivity contribution in [1.82, 2.24) is 4.72 Å². The second-order valence-electron chi connectivity index (χ2n) is 5.20. The van der Waals surface area contributed by atoms with E-state index in [1.807, 2.05) is 0 Å². The van der Waals surface area contributed by atoms with E-state index in [-0.39, 0.29) is 15.2 Å². The maximum Gasteiger partial charge on any atom is 0.336 e. The lowest BCUT2D eigenvalue weighted by Crippen LogP contribution is -2.26. The number of hydrogen-bond acceptors (Lipinski definition) is 4. The lowest BCUT2D eigenvalue weighted by atomic mass is 10.1. The van der Waals surface area contributed by atoms with E-state index in [0.717, 1.165) is 17.8 Å². The van der Waals surface area contributed by atoms with Crippen molar-refractivity contribution >= 4 is 27.3 Å². The number of carboxylic acids is 1. The van der Waals surface area contributed by atoms with Crippen LogP contribution in [-0.4, -0.2) is 26.0 Å². The van der Waals surface area contributed by atoms with Crippen molar-refractivity contribution < 1.29 is 18.3 Å². The van der Waals surface area contributed by atoms with E-state index >= 15 is 0 Å². The summed E-state index contributed by atoms with van der Waals surface area (Å²) < 4.78 is 26.4. The molecule has 2 N–H and O–H groups in total. The van der Waals surface area contributed by atoms with Crippen molar-refractivity contribution in [2.45, 2.75) is 24.5 Å². The van der Waals surface area contributed by atoms with Gasteiger partial charge in [0.25, 0.3) is 0 Å². The molecule has 1 aliphatic carbocycles. The fraction of sp³-hybridized carbons (Fsp3) is 0.545. The van der Waals surface area contributed by atoms with Crippen LogP contribution in [0.25, 0.3) is 0 Å². The Balaban J connectivity index is 2.04. The van der Waals surface area contributed by atoms with Gasteiger partial charge in [0.15, 0.2) is 0 Å². The van der Waals surface area contributed by atoms with E-state index in [0.29, 0.717) is 12.5 Å². The van der Waals surface area contributed by atoms with E-state index < -0.39 is 16.0 Å². The van der Waals surface area contributed by atoms with Gasteiger partial charge in [-0.2, -0.15) is 0 Å². The SMILES string of the molecule is CC1(C)CC1CNS(=O)(=O)c1cc(C(=O)O)cs1. The van der Waals surface area contributed by atoms with Crippen LogP contribution in [0.3, 0.4) is 0 Å². The first-order valence-corrected chi connectivity index (χ1v) is 7.90. The number of nitrogens with one attached hydrogen (secondary N) is 1. The van der Waals surface area contributed by atoms with Gasteiger partial charge in [0.2, 0.25) is 10.0 Å². The summed E-state index contributed by atoms with van der Waals surface area (Å²) in [5.74, 6) is -0.748. The molecule has 2 rings (SSSR count). The van der Waals surface area contributed by atoms with Crippen LogP contribution in [0.15, 0.2) is 15.7 Å². The summed E-state index contributed by atoms with van der Waals surface area (Å²) in [5, 5.41) is 10.1. The first-order valence-electron chi connectivity index (χ1n) is 5.54. The van der Waals surface area contributed by atoms with Gasteiger partial charge < -0.3 is 5.11 Å². The maximum absolute atomic E-state index is 11.9.